The zero-order chi connectivity index (χ0) is 18.6. The third-order valence-electron chi connectivity index (χ3n) is 4.27. The summed E-state index contributed by atoms with van der Waals surface area (Å²) in [4.78, 5) is 19.5. The molecule has 1 N–H and O–H groups in total. The molecule has 2 heterocycles. The lowest BCUT2D eigenvalue weighted by molar-refractivity contribution is 0.0720. The summed E-state index contributed by atoms with van der Waals surface area (Å²) in [5, 5.41) is 0. The Kier molecular flexibility index (Phi) is 5.83. The van der Waals surface area contributed by atoms with Gasteiger partial charge in [0.1, 0.15) is 0 Å². The Bertz CT molecular complexity index is 880. The van der Waals surface area contributed by atoms with Crippen molar-refractivity contribution in [3.8, 4) is 0 Å². The first-order chi connectivity index (χ1) is 12.5. The Balaban J connectivity index is 1.92. The molecule has 0 aliphatic carbocycles. The Morgan fingerprint density at radius 2 is 1.96 bits per heavy atom. The van der Waals surface area contributed by atoms with Crippen molar-refractivity contribution in [2.24, 2.45) is 0 Å². The van der Waals surface area contributed by atoms with Crippen LogP contribution in [0.15, 0.2) is 52.5 Å². The number of piperidine rings is 1. The van der Waals surface area contributed by atoms with Crippen LogP contribution in [0.2, 0.25) is 0 Å². The predicted molar refractivity (Wildman–Crippen MR) is 103 cm³/mol. The highest BCUT2D eigenvalue weighted by atomic mass is 32.2. The summed E-state index contributed by atoms with van der Waals surface area (Å²) in [6.07, 6.45) is 7.99. The van der Waals surface area contributed by atoms with Gasteiger partial charge in [-0.25, -0.2) is 8.42 Å². The molecular weight excluding hydrogens is 370 g/mol. The number of likely N-dealkylation sites (tertiary alicyclic amines) is 1. The number of thioether (sulfide) groups is 1. The van der Waals surface area contributed by atoms with Gasteiger partial charge in [-0.15, -0.1) is 11.8 Å². The van der Waals surface area contributed by atoms with E-state index in [-0.39, 0.29) is 10.8 Å². The lowest BCUT2D eigenvalue weighted by atomic mass is 10.1. The van der Waals surface area contributed by atoms with E-state index in [1.807, 2.05) is 11.2 Å². The minimum Gasteiger partial charge on any atom is -0.339 e. The smallest absolute Gasteiger partial charge is 0.261 e. The van der Waals surface area contributed by atoms with E-state index in [1.165, 1.54) is 30.1 Å². The molecule has 0 bridgehead atoms. The van der Waals surface area contributed by atoms with Crippen molar-refractivity contribution in [3.05, 3.63) is 48.3 Å². The number of carbonyl (C=O) groups is 1. The fourth-order valence-electron chi connectivity index (χ4n) is 2.93. The number of aromatic nitrogens is 1. The lowest BCUT2D eigenvalue weighted by Gasteiger charge is -2.27. The molecule has 2 aromatic rings. The number of sulfonamides is 1. The van der Waals surface area contributed by atoms with E-state index in [4.69, 9.17) is 0 Å². The van der Waals surface area contributed by atoms with Crippen LogP contribution in [0.4, 0.5) is 5.69 Å². The van der Waals surface area contributed by atoms with Gasteiger partial charge in [0.15, 0.2) is 0 Å². The van der Waals surface area contributed by atoms with Crippen molar-refractivity contribution in [3.63, 3.8) is 0 Å². The SMILES string of the molecule is CSc1ccc(S(=O)(=O)Nc2cccnc2)cc1C(=O)N1CCCCC1. The third kappa shape index (κ3) is 4.19. The molecule has 1 amide bonds. The monoisotopic (exact) mass is 391 g/mol. The van der Waals surface area contributed by atoms with E-state index in [0.29, 0.717) is 11.3 Å². The second kappa shape index (κ2) is 8.09. The van der Waals surface area contributed by atoms with Crippen LogP contribution < -0.4 is 4.72 Å². The number of anilines is 1. The molecule has 0 spiro atoms. The van der Waals surface area contributed by atoms with Crippen LogP contribution in [0.1, 0.15) is 29.6 Å². The molecule has 1 fully saturated rings. The zero-order valence-electron chi connectivity index (χ0n) is 14.5. The Morgan fingerprint density at radius 3 is 2.62 bits per heavy atom. The molecule has 1 aromatic heterocycles. The van der Waals surface area contributed by atoms with Gasteiger partial charge in [0, 0.05) is 24.2 Å². The summed E-state index contributed by atoms with van der Waals surface area (Å²) in [6, 6.07) is 7.97. The highest BCUT2D eigenvalue weighted by molar-refractivity contribution is 7.98. The number of rotatable bonds is 5. The first-order valence-corrected chi connectivity index (χ1v) is 11.1. The molecule has 8 heteroatoms. The van der Waals surface area contributed by atoms with Crippen LogP contribution in [-0.4, -0.2) is 43.6 Å². The molecule has 0 saturated carbocycles. The Morgan fingerprint density at radius 1 is 1.19 bits per heavy atom. The van der Waals surface area contributed by atoms with E-state index < -0.39 is 10.0 Å². The van der Waals surface area contributed by atoms with Crippen molar-refractivity contribution in [1.82, 2.24) is 9.88 Å². The third-order valence-corrected chi connectivity index (χ3v) is 6.44. The van der Waals surface area contributed by atoms with Crippen molar-refractivity contribution in [2.75, 3.05) is 24.1 Å². The molecule has 1 aliphatic heterocycles. The average molecular weight is 392 g/mol. The van der Waals surface area contributed by atoms with Gasteiger partial charge >= 0.3 is 0 Å². The standard InChI is InChI=1S/C18H21N3O3S2/c1-25-17-8-7-15(26(23,24)20-14-6-5-9-19-13-14)12-16(17)18(22)21-10-3-2-4-11-21/h5-9,12-13,20H,2-4,10-11H2,1H3. The molecule has 138 valence electrons. The summed E-state index contributed by atoms with van der Waals surface area (Å²) in [6.45, 7) is 1.44. The first kappa shape index (κ1) is 18.7. The summed E-state index contributed by atoms with van der Waals surface area (Å²) in [5.74, 6) is -0.104. The van der Waals surface area contributed by atoms with Gasteiger partial charge in [0.2, 0.25) is 0 Å². The fraction of sp³-hybridized carbons (Fsp3) is 0.333. The number of amides is 1. The topological polar surface area (TPSA) is 79.4 Å². The second-order valence-electron chi connectivity index (χ2n) is 6.06. The maximum atomic E-state index is 12.9. The largest absolute Gasteiger partial charge is 0.339 e. The van der Waals surface area contributed by atoms with Gasteiger partial charge in [-0.1, -0.05) is 0 Å². The fourth-order valence-corrected chi connectivity index (χ4v) is 4.57. The molecule has 1 aromatic carbocycles. The first-order valence-electron chi connectivity index (χ1n) is 8.41. The quantitative estimate of drug-likeness (QED) is 0.792. The summed E-state index contributed by atoms with van der Waals surface area (Å²) < 4.78 is 27.9. The van der Waals surface area contributed by atoms with Gasteiger partial charge in [0.25, 0.3) is 15.9 Å². The van der Waals surface area contributed by atoms with Crippen LogP contribution in [0, 0.1) is 0 Å². The van der Waals surface area contributed by atoms with E-state index in [1.54, 1.807) is 24.4 Å². The van der Waals surface area contributed by atoms with Gasteiger partial charge in [-0.05, 0) is 55.9 Å². The van der Waals surface area contributed by atoms with Crippen molar-refractivity contribution in [1.29, 1.82) is 0 Å². The second-order valence-corrected chi connectivity index (χ2v) is 8.59. The van der Waals surface area contributed by atoms with E-state index in [2.05, 4.69) is 9.71 Å². The number of carbonyl (C=O) groups excluding carboxylic acids is 1. The van der Waals surface area contributed by atoms with Gasteiger partial charge in [-0.2, -0.15) is 0 Å². The van der Waals surface area contributed by atoms with Gasteiger partial charge < -0.3 is 4.90 Å². The average Bonchev–Trinajstić information content (AvgIpc) is 2.68. The summed E-state index contributed by atoms with van der Waals surface area (Å²) in [7, 11) is -3.80. The number of pyridine rings is 1. The van der Waals surface area contributed by atoms with Gasteiger partial charge in [-0.3, -0.25) is 14.5 Å². The maximum Gasteiger partial charge on any atom is 0.261 e. The minimum absolute atomic E-state index is 0.0690. The maximum absolute atomic E-state index is 12.9. The molecule has 3 rings (SSSR count). The number of benzene rings is 1. The van der Waals surface area contributed by atoms with Crippen molar-refractivity contribution in [2.45, 2.75) is 29.1 Å². The highest BCUT2D eigenvalue weighted by Crippen LogP contribution is 2.27. The minimum atomic E-state index is -3.80. The summed E-state index contributed by atoms with van der Waals surface area (Å²) >= 11 is 1.44. The highest BCUT2D eigenvalue weighted by Gasteiger charge is 2.23. The van der Waals surface area contributed by atoms with E-state index in [0.717, 1.165) is 37.2 Å². The van der Waals surface area contributed by atoms with Crippen LogP contribution >= 0.6 is 11.8 Å². The molecule has 26 heavy (non-hydrogen) atoms. The number of nitrogens with one attached hydrogen (secondary N) is 1. The van der Waals surface area contributed by atoms with E-state index >= 15 is 0 Å². The number of hydrogen-bond donors (Lipinski definition) is 1. The van der Waals surface area contributed by atoms with Gasteiger partial charge in [0.05, 0.1) is 22.3 Å². The van der Waals surface area contributed by atoms with Crippen molar-refractivity contribution >= 4 is 33.4 Å². The molecule has 0 unspecified atom stereocenters. The van der Waals surface area contributed by atoms with Crippen LogP contribution in [0.3, 0.4) is 0 Å². The summed E-state index contributed by atoms with van der Waals surface area (Å²) in [5.41, 5.74) is 0.818. The van der Waals surface area contributed by atoms with Crippen molar-refractivity contribution < 1.29 is 13.2 Å². The molecule has 1 saturated heterocycles. The molecule has 6 nitrogen and oxygen atoms in total. The van der Waals surface area contributed by atoms with Crippen LogP contribution in [0.25, 0.3) is 0 Å². The molecular formula is C18H21N3O3S2. The number of nitrogens with zero attached hydrogens (tertiary/aromatic N) is 2. The molecule has 1 aliphatic rings. The van der Waals surface area contributed by atoms with Crippen LogP contribution in [-0.2, 0) is 10.0 Å². The molecule has 0 atom stereocenters. The zero-order valence-corrected chi connectivity index (χ0v) is 16.1. The predicted octanol–water partition coefficient (Wildman–Crippen LogP) is 3.23. The Labute approximate surface area is 158 Å². The molecule has 0 radical (unpaired) electrons. The van der Waals surface area contributed by atoms with Crippen LogP contribution in [0.5, 0.6) is 0 Å². The lowest BCUT2D eigenvalue weighted by Crippen LogP contribution is -2.36. The Hall–Kier alpha value is -2.06. The normalized spacial score (nSPS) is 14.9. The van der Waals surface area contributed by atoms with E-state index in [9.17, 15) is 13.2 Å². The number of hydrogen-bond acceptors (Lipinski definition) is 5.